The van der Waals surface area contributed by atoms with E-state index in [0.717, 1.165) is 0 Å². The Morgan fingerprint density at radius 2 is 2.06 bits per heavy atom. The van der Waals surface area contributed by atoms with Gasteiger partial charge in [-0.05, 0) is 29.8 Å². The molecule has 0 unspecified atom stereocenters. The molecule has 0 amide bonds. The summed E-state index contributed by atoms with van der Waals surface area (Å²) in [5.41, 5.74) is 5.35. The molecule has 1 aromatic heterocycles. The number of halogens is 3. The van der Waals surface area contributed by atoms with Crippen molar-refractivity contribution in [3.05, 3.63) is 33.8 Å². The first-order valence-corrected chi connectivity index (χ1v) is 5.51. The van der Waals surface area contributed by atoms with Crippen molar-refractivity contribution in [3.8, 4) is 11.8 Å². The van der Waals surface area contributed by atoms with Crippen molar-refractivity contribution >= 4 is 33.5 Å². The summed E-state index contributed by atoms with van der Waals surface area (Å²) in [5, 5.41) is -0.122. The number of rotatable bonds is 2. The van der Waals surface area contributed by atoms with E-state index >= 15 is 0 Å². The molecule has 0 atom stereocenters. The number of hydrogen-bond acceptors (Lipinski definition) is 5. The molecule has 1 heterocycles. The maximum Gasteiger partial charge on any atom is 0.328 e. The maximum atomic E-state index is 13.4. The van der Waals surface area contributed by atoms with Gasteiger partial charge >= 0.3 is 6.01 Å². The molecule has 17 heavy (non-hydrogen) atoms. The van der Waals surface area contributed by atoms with Crippen molar-refractivity contribution in [1.29, 1.82) is 0 Å². The maximum absolute atomic E-state index is 13.4. The molecule has 0 bridgehead atoms. The second-order valence-corrected chi connectivity index (χ2v) is 4.18. The van der Waals surface area contributed by atoms with E-state index in [2.05, 4.69) is 30.9 Å². The zero-order chi connectivity index (χ0) is 12.4. The van der Waals surface area contributed by atoms with Crippen LogP contribution in [0.5, 0.6) is 11.8 Å². The second kappa shape index (κ2) is 4.80. The summed E-state index contributed by atoms with van der Waals surface area (Å²) in [6.07, 6.45) is 0. The summed E-state index contributed by atoms with van der Waals surface area (Å²) >= 11 is 8.75. The van der Waals surface area contributed by atoms with Crippen molar-refractivity contribution in [2.45, 2.75) is 0 Å². The third kappa shape index (κ3) is 3.01. The standard InChI is InChI=1S/C9H5BrClFN4O/c10-4-1-2-5(12)6(3-4)17-9-15-7(11)14-8(13)16-9/h1-3H,(H2,13,14,15,16). The van der Waals surface area contributed by atoms with Crippen LogP contribution < -0.4 is 10.5 Å². The molecule has 0 saturated heterocycles. The van der Waals surface area contributed by atoms with Gasteiger partial charge in [0.05, 0.1) is 0 Å². The summed E-state index contributed by atoms with van der Waals surface area (Å²) < 4.78 is 19.1. The molecule has 5 nitrogen and oxygen atoms in total. The lowest BCUT2D eigenvalue weighted by molar-refractivity contribution is 0.410. The number of hydrogen-bond donors (Lipinski definition) is 1. The van der Waals surface area contributed by atoms with Gasteiger partial charge in [-0.1, -0.05) is 15.9 Å². The van der Waals surface area contributed by atoms with Crippen LogP contribution in [0, 0.1) is 5.82 Å². The van der Waals surface area contributed by atoms with Crippen LogP contribution in [0.3, 0.4) is 0 Å². The van der Waals surface area contributed by atoms with E-state index < -0.39 is 5.82 Å². The third-order valence-electron chi connectivity index (χ3n) is 1.70. The van der Waals surface area contributed by atoms with E-state index in [0.29, 0.717) is 4.47 Å². The van der Waals surface area contributed by atoms with Gasteiger partial charge in [0, 0.05) is 4.47 Å². The Bertz CT molecular complexity index is 548. The number of nitrogen functional groups attached to an aromatic ring is 1. The normalized spacial score (nSPS) is 10.3. The van der Waals surface area contributed by atoms with Crippen LogP contribution in [0.25, 0.3) is 0 Å². The third-order valence-corrected chi connectivity index (χ3v) is 2.36. The van der Waals surface area contributed by atoms with Gasteiger partial charge < -0.3 is 10.5 Å². The Morgan fingerprint density at radius 1 is 1.29 bits per heavy atom. The molecule has 0 saturated carbocycles. The smallest absolute Gasteiger partial charge is 0.328 e. The van der Waals surface area contributed by atoms with Gasteiger partial charge in [-0.25, -0.2) is 4.39 Å². The lowest BCUT2D eigenvalue weighted by atomic mass is 10.3. The number of nitrogens with zero attached hydrogens (tertiary/aromatic N) is 3. The van der Waals surface area contributed by atoms with Crippen LogP contribution >= 0.6 is 27.5 Å². The average Bonchev–Trinajstić information content (AvgIpc) is 2.22. The summed E-state index contributed by atoms with van der Waals surface area (Å²) in [5.74, 6) is -0.695. The van der Waals surface area contributed by atoms with Crippen LogP contribution in [0.2, 0.25) is 5.28 Å². The molecule has 0 aliphatic heterocycles. The summed E-state index contributed by atoms with van der Waals surface area (Å²) in [6.45, 7) is 0. The fourth-order valence-electron chi connectivity index (χ4n) is 1.05. The van der Waals surface area contributed by atoms with E-state index in [-0.39, 0.29) is 23.0 Å². The first kappa shape index (κ1) is 12.0. The topological polar surface area (TPSA) is 73.9 Å². The second-order valence-electron chi connectivity index (χ2n) is 2.92. The molecule has 0 aliphatic rings. The number of nitrogens with two attached hydrogens (primary N) is 1. The van der Waals surface area contributed by atoms with Gasteiger partial charge in [-0.15, -0.1) is 0 Å². The zero-order valence-electron chi connectivity index (χ0n) is 8.19. The first-order valence-electron chi connectivity index (χ1n) is 4.34. The van der Waals surface area contributed by atoms with Crippen molar-refractivity contribution in [1.82, 2.24) is 15.0 Å². The molecule has 2 rings (SSSR count). The van der Waals surface area contributed by atoms with Gasteiger partial charge in [-0.2, -0.15) is 15.0 Å². The van der Waals surface area contributed by atoms with Crippen LogP contribution in [-0.2, 0) is 0 Å². The number of ether oxygens (including phenoxy) is 1. The Balaban J connectivity index is 2.34. The Morgan fingerprint density at radius 3 is 2.76 bits per heavy atom. The van der Waals surface area contributed by atoms with E-state index in [1.54, 1.807) is 0 Å². The minimum absolute atomic E-state index is 0.0407. The highest BCUT2D eigenvalue weighted by Gasteiger charge is 2.09. The van der Waals surface area contributed by atoms with E-state index in [1.165, 1.54) is 18.2 Å². The Hall–Kier alpha value is -1.47. The SMILES string of the molecule is Nc1nc(Cl)nc(Oc2cc(Br)ccc2F)n1. The van der Waals surface area contributed by atoms with Gasteiger partial charge in [-0.3, -0.25) is 0 Å². The predicted molar refractivity (Wildman–Crippen MR) is 63.4 cm³/mol. The molecule has 2 aromatic rings. The van der Waals surface area contributed by atoms with Gasteiger partial charge in [0.2, 0.25) is 11.2 Å². The predicted octanol–water partition coefficient (Wildman–Crippen LogP) is 2.80. The average molecular weight is 320 g/mol. The Labute approximate surface area is 109 Å². The molecule has 0 spiro atoms. The minimum atomic E-state index is -0.552. The van der Waals surface area contributed by atoms with E-state index in [9.17, 15) is 4.39 Å². The molecule has 1 aromatic carbocycles. The van der Waals surface area contributed by atoms with E-state index in [1.807, 2.05) is 0 Å². The highest BCUT2D eigenvalue weighted by molar-refractivity contribution is 9.10. The van der Waals surface area contributed by atoms with E-state index in [4.69, 9.17) is 22.1 Å². The fourth-order valence-corrected chi connectivity index (χ4v) is 1.54. The molecule has 2 N–H and O–H groups in total. The number of anilines is 1. The van der Waals surface area contributed by atoms with Crippen LogP contribution in [0.1, 0.15) is 0 Å². The fraction of sp³-hybridized carbons (Fsp3) is 0. The summed E-state index contributed by atoms with van der Waals surface area (Å²) in [6, 6.07) is 4.05. The summed E-state index contributed by atoms with van der Waals surface area (Å²) in [4.78, 5) is 10.9. The monoisotopic (exact) mass is 318 g/mol. The van der Waals surface area contributed by atoms with Crippen molar-refractivity contribution < 1.29 is 9.13 Å². The summed E-state index contributed by atoms with van der Waals surface area (Å²) in [7, 11) is 0. The quantitative estimate of drug-likeness (QED) is 0.921. The largest absolute Gasteiger partial charge is 0.421 e. The first-order chi connectivity index (χ1) is 8.04. The number of benzene rings is 1. The number of aromatic nitrogens is 3. The van der Waals surface area contributed by atoms with Gasteiger partial charge in [0.25, 0.3) is 0 Å². The molecule has 88 valence electrons. The lowest BCUT2D eigenvalue weighted by Gasteiger charge is -2.05. The lowest BCUT2D eigenvalue weighted by Crippen LogP contribution is -2.01. The molecule has 8 heteroatoms. The molecular formula is C9H5BrClFN4O. The van der Waals surface area contributed by atoms with Crippen LogP contribution in [0.15, 0.2) is 22.7 Å². The highest BCUT2D eigenvalue weighted by Crippen LogP contribution is 2.26. The Kier molecular flexibility index (Phi) is 3.39. The van der Waals surface area contributed by atoms with Crippen molar-refractivity contribution in [3.63, 3.8) is 0 Å². The molecule has 0 radical (unpaired) electrons. The van der Waals surface area contributed by atoms with Gasteiger partial charge in [0.15, 0.2) is 11.6 Å². The van der Waals surface area contributed by atoms with Crippen LogP contribution in [-0.4, -0.2) is 15.0 Å². The van der Waals surface area contributed by atoms with Gasteiger partial charge in [0.1, 0.15) is 0 Å². The molecule has 0 fully saturated rings. The van der Waals surface area contributed by atoms with Crippen molar-refractivity contribution in [2.24, 2.45) is 0 Å². The zero-order valence-corrected chi connectivity index (χ0v) is 10.5. The molecule has 0 aliphatic carbocycles. The highest BCUT2D eigenvalue weighted by atomic mass is 79.9. The van der Waals surface area contributed by atoms with Crippen LogP contribution in [0.4, 0.5) is 10.3 Å². The minimum Gasteiger partial charge on any atom is -0.421 e. The molecular weight excluding hydrogens is 314 g/mol. The van der Waals surface area contributed by atoms with Crippen molar-refractivity contribution in [2.75, 3.05) is 5.73 Å².